The van der Waals surface area contributed by atoms with Gasteiger partial charge in [-0.15, -0.1) is 11.3 Å². The van der Waals surface area contributed by atoms with E-state index >= 15 is 0 Å². The number of thiophene rings is 1. The van der Waals surface area contributed by atoms with Gasteiger partial charge in [0.1, 0.15) is 5.82 Å². The second-order valence-electron chi connectivity index (χ2n) is 8.75. The van der Waals surface area contributed by atoms with Crippen molar-refractivity contribution in [3.8, 4) is 0 Å². The average Bonchev–Trinajstić information content (AvgIpc) is 3.21. The number of amides is 1. The molecule has 182 valence electrons. The molecule has 34 heavy (non-hydrogen) atoms. The van der Waals surface area contributed by atoms with Crippen LogP contribution in [0, 0.1) is 0 Å². The Morgan fingerprint density at radius 1 is 1.15 bits per heavy atom. The van der Waals surface area contributed by atoms with E-state index in [4.69, 9.17) is 0 Å². The van der Waals surface area contributed by atoms with E-state index in [2.05, 4.69) is 44.4 Å². The molecule has 1 aliphatic heterocycles. The third-order valence-corrected chi connectivity index (χ3v) is 6.88. The quantitative estimate of drug-likeness (QED) is 0.564. The average molecular weight is 492 g/mol. The number of anilines is 1. The Balaban J connectivity index is 1.52. The van der Waals surface area contributed by atoms with Crippen LogP contribution in [0.4, 0.5) is 19.0 Å². The van der Waals surface area contributed by atoms with Gasteiger partial charge in [-0.25, -0.2) is 4.98 Å². The molecule has 0 saturated carbocycles. The maximum Gasteiger partial charge on any atom is 0.417 e. The Kier molecular flexibility index (Phi) is 7.11. The summed E-state index contributed by atoms with van der Waals surface area (Å²) in [7, 11) is 5.53. The minimum Gasteiger partial charge on any atom is -0.355 e. The van der Waals surface area contributed by atoms with Crippen LogP contribution in [-0.4, -0.2) is 68.0 Å². The minimum absolute atomic E-state index is 0.00825. The lowest BCUT2D eigenvalue weighted by Gasteiger charge is -2.35. The van der Waals surface area contributed by atoms with E-state index in [-0.39, 0.29) is 21.6 Å². The number of hydrogen-bond donors (Lipinski definition) is 1. The molecule has 1 fully saturated rings. The number of benzene rings is 1. The van der Waals surface area contributed by atoms with Crippen LogP contribution in [-0.2, 0) is 19.3 Å². The summed E-state index contributed by atoms with van der Waals surface area (Å²) < 4.78 is 41.5. The molecule has 0 spiro atoms. The number of rotatable bonds is 6. The van der Waals surface area contributed by atoms with Gasteiger partial charge in [-0.3, -0.25) is 9.69 Å². The summed E-state index contributed by atoms with van der Waals surface area (Å²) in [6, 6.07) is 9.60. The van der Waals surface area contributed by atoms with Crippen molar-refractivity contribution in [1.29, 1.82) is 0 Å². The Bertz CT molecular complexity index is 1170. The van der Waals surface area contributed by atoms with Gasteiger partial charge in [0.05, 0.1) is 21.3 Å². The molecule has 0 bridgehead atoms. The molecule has 10 heteroatoms. The normalized spacial score (nSPS) is 15.3. The first-order chi connectivity index (χ1) is 16.2. The number of nitrogens with zero attached hydrogens (tertiary/aromatic N) is 4. The highest BCUT2D eigenvalue weighted by atomic mass is 32.1. The highest BCUT2D eigenvalue weighted by Crippen LogP contribution is 2.40. The molecule has 1 amide bonds. The summed E-state index contributed by atoms with van der Waals surface area (Å²) in [5.41, 5.74) is 2.01. The standard InChI is InChI=1S/C24H28F3N5OS/c1-28-23(33)18-15-34-22-19(24(25,26)27)12-20(29-21(18)22)32-9-7-31(8-10-32)14-17-6-4-5-16(11-17)13-30(2)3/h4-6,11-12,15H,7-10,13-14H2,1-3H3,(H,28,33). The highest BCUT2D eigenvalue weighted by molar-refractivity contribution is 7.17. The summed E-state index contributed by atoms with van der Waals surface area (Å²) >= 11 is 0.900. The second kappa shape index (κ2) is 9.89. The number of piperazine rings is 1. The fourth-order valence-electron chi connectivity index (χ4n) is 4.25. The van der Waals surface area contributed by atoms with Gasteiger partial charge in [-0.05, 0) is 31.3 Å². The van der Waals surface area contributed by atoms with E-state index in [1.807, 2.05) is 19.0 Å². The molecule has 0 unspecified atom stereocenters. The largest absolute Gasteiger partial charge is 0.417 e. The van der Waals surface area contributed by atoms with Crippen LogP contribution in [0.5, 0.6) is 0 Å². The fourth-order valence-corrected chi connectivity index (χ4v) is 5.27. The Labute approximate surface area is 201 Å². The first-order valence-corrected chi connectivity index (χ1v) is 11.9. The van der Waals surface area contributed by atoms with Crippen LogP contribution in [0.2, 0.25) is 0 Å². The van der Waals surface area contributed by atoms with Gasteiger partial charge in [0.25, 0.3) is 5.91 Å². The SMILES string of the molecule is CNC(=O)c1csc2c(C(F)(F)F)cc(N3CCN(Cc4cccc(CN(C)C)c4)CC3)nc12. The van der Waals surface area contributed by atoms with Crippen molar-refractivity contribution in [3.63, 3.8) is 0 Å². The Morgan fingerprint density at radius 2 is 1.85 bits per heavy atom. The number of halogens is 3. The van der Waals surface area contributed by atoms with Gasteiger partial charge in [0.2, 0.25) is 0 Å². The van der Waals surface area contributed by atoms with Crippen LogP contribution in [0.1, 0.15) is 27.0 Å². The molecule has 6 nitrogen and oxygen atoms in total. The molecule has 3 heterocycles. The van der Waals surface area contributed by atoms with Crippen molar-refractivity contribution in [1.82, 2.24) is 20.1 Å². The molecule has 2 aromatic heterocycles. The highest BCUT2D eigenvalue weighted by Gasteiger charge is 2.36. The monoisotopic (exact) mass is 491 g/mol. The second-order valence-corrected chi connectivity index (χ2v) is 9.63. The van der Waals surface area contributed by atoms with Crippen molar-refractivity contribution in [2.24, 2.45) is 0 Å². The zero-order valence-electron chi connectivity index (χ0n) is 19.4. The van der Waals surface area contributed by atoms with Crippen LogP contribution in [0.15, 0.2) is 35.7 Å². The predicted octanol–water partition coefficient (Wildman–Crippen LogP) is 4.06. The van der Waals surface area contributed by atoms with Gasteiger partial charge in [-0.1, -0.05) is 24.3 Å². The van der Waals surface area contributed by atoms with Gasteiger partial charge < -0.3 is 15.1 Å². The molecule has 3 aromatic rings. The topological polar surface area (TPSA) is 51.7 Å². The maximum absolute atomic E-state index is 13.8. The molecular formula is C24H28F3N5OS. The van der Waals surface area contributed by atoms with Crippen molar-refractivity contribution in [2.75, 3.05) is 52.2 Å². The lowest BCUT2D eigenvalue weighted by atomic mass is 10.1. The number of nitrogens with one attached hydrogen (secondary N) is 1. The summed E-state index contributed by atoms with van der Waals surface area (Å²) in [5, 5.41) is 3.93. The van der Waals surface area contributed by atoms with Crippen molar-refractivity contribution in [2.45, 2.75) is 19.3 Å². The number of aromatic nitrogens is 1. The zero-order chi connectivity index (χ0) is 24.5. The molecule has 0 aliphatic carbocycles. The Hall–Kier alpha value is -2.69. The summed E-state index contributed by atoms with van der Waals surface area (Å²) in [4.78, 5) is 23.0. The van der Waals surface area contributed by atoms with Gasteiger partial charge in [0.15, 0.2) is 0 Å². The predicted molar refractivity (Wildman–Crippen MR) is 129 cm³/mol. The molecule has 4 rings (SSSR count). The number of hydrogen-bond acceptors (Lipinski definition) is 6. The van der Waals surface area contributed by atoms with Crippen LogP contribution in [0.25, 0.3) is 10.2 Å². The molecule has 1 aliphatic rings. The number of carbonyl (C=O) groups is 1. The van der Waals surface area contributed by atoms with Crippen LogP contribution in [0.3, 0.4) is 0 Å². The third kappa shape index (κ3) is 5.34. The van der Waals surface area contributed by atoms with Crippen LogP contribution >= 0.6 is 11.3 Å². The van der Waals surface area contributed by atoms with Crippen molar-refractivity contribution < 1.29 is 18.0 Å². The molecule has 0 atom stereocenters. The van der Waals surface area contributed by atoms with Gasteiger partial charge in [0, 0.05) is 51.7 Å². The first kappa shape index (κ1) is 24.4. The maximum atomic E-state index is 13.8. The number of carbonyl (C=O) groups excluding carboxylic acids is 1. The van der Waals surface area contributed by atoms with E-state index < -0.39 is 17.6 Å². The van der Waals surface area contributed by atoms with E-state index in [0.29, 0.717) is 26.2 Å². The lowest BCUT2D eigenvalue weighted by molar-refractivity contribution is -0.136. The fraction of sp³-hybridized carbons (Fsp3) is 0.417. The summed E-state index contributed by atoms with van der Waals surface area (Å²) in [6.07, 6.45) is -4.53. The first-order valence-electron chi connectivity index (χ1n) is 11.1. The van der Waals surface area contributed by atoms with E-state index in [9.17, 15) is 18.0 Å². The molecule has 0 radical (unpaired) electrons. The summed E-state index contributed by atoms with van der Waals surface area (Å²) in [5.74, 6) is -0.179. The van der Waals surface area contributed by atoms with Gasteiger partial charge >= 0.3 is 6.18 Å². The van der Waals surface area contributed by atoms with Crippen molar-refractivity contribution in [3.05, 3.63) is 58.0 Å². The lowest BCUT2D eigenvalue weighted by Crippen LogP contribution is -2.46. The van der Waals surface area contributed by atoms with E-state index in [1.165, 1.54) is 23.6 Å². The number of pyridine rings is 1. The van der Waals surface area contributed by atoms with Gasteiger partial charge in [-0.2, -0.15) is 13.2 Å². The van der Waals surface area contributed by atoms with E-state index in [0.717, 1.165) is 30.5 Å². The molecule has 1 aromatic carbocycles. The number of alkyl halides is 3. The number of fused-ring (bicyclic) bond motifs is 1. The zero-order valence-corrected chi connectivity index (χ0v) is 20.3. The summed E-state index contributed by atoms with van der Waals surface area (Å²) in [6.45, 7) is 4.22. The van der Waals surface area contributed by atoms with Crippen LogP contribution < -0.4 is 10.2 Å². The molecular weight excluding hydrogens is 463 g/mol. The minimum atomic E-state index is -4.53. The van der Waals surface area contributed by atoms with Crippen molar-refractivity contribution >= 4 is 33.3 Å². The third-order valence-electron chi connectivity index (χ3n) is 5.88. The smallest absolute Gasteiger partial charge is 0.355 e. The molecule has 1 N–H and O–H groups in total. The Morgan fingerprint density at radius 3 is 2.50 bits per heavy atom. The van der Waals surface area contributed by atoms with E-state index in [1.54, 1.807) is 0 Å². The molecule has 1 saturated heterocycles.